The van der Waals surface area contributed by atoms with Gasteiger partial charge in [-0.15, -0.1) is 0 Å². The van der Waals surface area contributed by atoms with Crippen LogP contribution in [0.25, 0.3) is 0 Å². The molecule has 0 aliphatic heterocycles. The second-order valence-electron chi connectivity index (χ2n) is 5.80. The molecule has 3 aromatic rings. The first-order valence-electron chi connectivity index (χ1n) is 8.63. The molecule has 0 saturated heterocycles. The van der Waals surface area contributed by atoms with Crippen molar-refractivity contribution in [1.29, 1.82) is 0 Å². The number of carbonyl (C=O) groups excluding carboxylic acids is 1. The third kappa shape index (κ3) is 5.04. The Balaban J connectivity index is 1.61. The normalized spacial score (nSPS) is 10.3. The summed E-state index contributed by atoms with van der Waals surface area (Å²) in [6.07, 6.45) is 1.51. The zero-order valence-corrected chi connectivity index (χ0v) is 14.9. The Bertz CT molecular complexity index is 896. The van der Waals surface area contributed by atoms with Crippen LogP contribution in [-0.2, 0) is 6.54 Å². The molecule has 3 rings (SSSR count). The van der Waals surface area contributed by atoms with E-state index >= 15 is 0 Å². The number of amides is 1. The molecule has 27 heavy (non-hydrogen) atoms. The quantitative estimate of drug-likeness (QED) is 0.655. The van der Waals surface area contributed by atoms with Gasteiger partial charge in [0.25, 0.3) is 5.91 Å². The van der Waals surface area contributed by atoms with Crippen LogP contribution in [0.3, 0.4) is 0 Å². The van der Waals surface area contributed by atoms with Gasteiger partial charge >= 0.3 is 0 Å². The number of nitrogens with one attached hydrogen (secondary N) is 2. The number of para-hydroxylation sites is 2. The molecule has 2 N–H and O–H groups in total. The standard InChI is InChI=1S/C21H20FN3O2/c1-2-27-19-6-4-3-5-18(19)25-20-12-9-16(14-23-20)21(26)24-13-15-7-10-17(22)11-8-15/h3-12,14H,2,13H2,1H3,(H,23,25)(H,24,26). The minimum Gasteiger partial charge on any atom is -0.492 e. The van der Waals surface area contributed by atoms with E-state index in [1.54, 1.807) is 24.3 Å². The highest BCUT2D eigenvalue weighted by molar-refractivity contribution is 5.94. The van der Waals surface area contributed by atoms with Gasteiger partial charge in [-0.05, 0) is 48.9 Å². The molecule has 1 heterocycles. The van der Waals surface area contributed by atoms with Gasteiger partial charge in [0.05, 0.1) is 17.9 Å². The Labute approximate surface area is 157 Å². The van der Waals surface area contributed by atoms with Crippen LogP contribution in [0, 0.1) is 5.82 Å². The van der Waals surface area contributed by atoms with Gasteiger partial charge in [-0.25, -0.2) is 9.37 Å². The third-order valence-corrected chi connectivity index (χ3v) is 3.84. The Morgan fingerprint density at radius 2 is 1.85 bits per heavy atom. The second kappa shape index (κ2) is 8.80. The predicted molar refractivity (Wildman–Crippen MR) is 103 cm³/mol. The molecular weight excluding hydrogens is 345 g/mol. The fourth-order valence-corrected chi connectivity index (χ4v) is 2.48. The zero-order valence-electron chi connectivity index (χ0n) is 14.9. The molecule has 0 atom stereocenters. The van der Waals surface area contributed by atoms with E-state index in [1.165, 1.54) is 18.3 Å². The number of nitrogens with zero attached hydrogens (tertiary/aromatic N) is 1. The van der Waals surface area contributed by atoms with Crippen LogP contribution in [-0.4, -0.2) is 17.5 Å². The highest BCUT2D eigenvalue weighted by Gasteiger charge is 2.08. The van der Waals surface area contributed by atoms with Crippen LogP contribution in [0.5, 0.6) is 5.75 Å². The average molecular weight is 365 g/mol. The highest BCUT2D eigenvalue weighted by Crippen LogP contribution is 2.26. The number of pyridine rings is 1. The fourth-order valence-electron chi connectivity index (χ4n) is 2.48. The second-order valence-corrected chi connectivity index (χ2v) is 5.80. The van der Waals surface area contributed by atoms with Crippen LogP contribution in [0.15, 0.2) is 66.9 Å². The van der Waals surface area contributed by atoms with Crippen molar-refractivity contribution in [3.8, 4) is 5.75 Å². The van der Waals surface area contributed by atoms with Gasteiger partial charge in [-0.1, -0.05) is 24.3 Å². The Morgan fingerprint density at radius 1 is 1.07 bits per heavy atom. The van der Waals surface area contributed by atoms with Crippen molar-refractivity contribution in [2.45, 2.75) is 13.5 Å². The van der Waals surface area contributed by atoms with E-state index in [-0.39, 0.29) is 11.7 Å². The molecule has 5 nitrogen and oxygen atoms in total. The molecule has 6 heteroatoms. The summed E-state index contributed by atoms with van der Waals surface area (Å²) in [5.41, 5.74) is 2.07. The first kappa shape index (κ1) is 18.4. The molecule has 0 aliphatic rings. The van der Waals surface area contributed by atoms with E-state index in [0.29, 0.717) is 24.5 Å². The summed E-state index contributed by atoms with van der Waals surface area (Å²) in [6.45, 7) is 2.81. The molecule has 0 aliphatic carbocycles. The van der Waals surface area contributed by atoms with Crippen LogP contribution in [0.4, 0.5) is 15.9 Å². The highest BCUT2D eigenvalue weighted by atomic mass is 19.1. The lowest BCUT2D eigenvalue weighted by Crippen LogP contribution is -2.22. The minimum atomic E-state index is -0.303. The largest absolute Gasteiger partial charge is 0.492 e. The van der Waals surface area contributed by atoms with Crippen LogP contribution < -0.4 is 15.4 Å². The lowest BCUT2D eigenvalue weighted by Gasteiger charge is -2.12. The fraction of sp³-hybridized carbons (Fsp3) is 0.143. The maximum atomic E-state index is 12.9. The third-order valence-electron chi connectivity index (χ3n) is 3.84. The monoisotopic (exact) mass is 365 g/mol. The molecule has 0 unspecified atom stereocenters. The summed E-state index contributed by atoms with van der Waals surface area (Å²) in [5, 5.41) is 5.97. The average Bonchev–Trinajstić information content (AvgIpc) is 2.69. The van der Waals surface area contributed by atoms with Crippen molar-refractivity contribution in [3.05, 3.63) is 83.8 Å². The van der Waals surface area contributed by atoms with Gasteiger partial charge < -0.3 is 15.4 Å². The molecule has 1 aromatic heterocycles. The summed E-state index contributed by atoms with van der Waals surface area (Å²) in [7, 11) is 0. The Hall–Kier alpha value is -3.41. The van der Waals surface area contributed by atoms with Gasteiger partial charge in [0.2, 0.25) is 0 Å². The van der Waals surface area contributed by atoms with E-state index in [1.807, 2.05) is 31.2 Å². The van der Waals surface area contributed by atoms with Gasteiger partial charge in [-0.2, -0.15) is 0 Å². The zero-order chi connectivity index (χ0) is 19.1. The maximum Gasteiger partial charge on any atom is 0.253 e. The Morgan fingerprint density at radius 3 is 2.56 bits per heavy atom. The lowest BCUT2D eigenvalue weighted by atomic mass is 10.2. The van der Waals surface area contributed by atoms with Crippen molar-refractivity contribution < 1.29 is 13.9 Å². The summed E-state index contributed by atoms with van der Waals surface area (Å²) in [5.74, 6) is 0.802. The summed E-state index contributed by atoms with van der Waals surface area (Å²) in [6, 6.07) is 17.0. The number of aromatic nitrogens is 1. The van der Waals surface area contributed by atoms with Crippen LogP contribution in [0.1, 0.15) is 22.8 Å². The number of benzene rings is 2. The molecule has 138 valence electrons. The number of carbonyl (C=O) groups is 1. The molecule has 1 amide bonds. The van der Waals surface area contributed by atoms with Crippen molar-refractivity contribution in [2.75, 3.05) is 11.9 Å². The van der Waals surface area contributed by atoms with Crippen molar-refractivity contribution >= 4 is 17.4 Å². The van der Waals surface area contributed by atoms with E-state index in [4.69, 9.17) is 4.74 Å². The summed E-state index contributed by atoms with van der Waals surface area (Å²) < 4.78 is 18.5. The maximum absolute atomic E-state index is 12.9. The van der Waals surface area contributed by atoms with Crippen molar-refractivity contribution in [3.63, 3.8) is 0 Å². The molecule has 0 radical (unpaired) electrons. The molecule has 0 saturated carbocycles. The van der Waals surface area contributed by atoms with Crippen LogP contribution >= 0.6 is 0 Å². The summed E-state index contributed by atoms with van der Waals surface area (Å²) >= 11 is 0. The van der Waals surface area contributed by atoms with Crippen molar-refractivity contribution in [1.82, 2.24) is 10.3 Å². The first-order chi connectivity index (χ1) is 13.2. The summed E-state index contributed by atoms with van der Waals surface area (Å²) in [4.78, 5) is 16.5. The predicted octanol–water partition coefficient (Wildman–Crippen LogP) is 4.29. The van der Waals surface area contributed by atoms with Gasteiger partial charge in [0, 0.05) is 12.7 Å². The Kier molecular flexibility index (Phi) is 5.99. The van der Waals surface area contributed by atoms with Crippen molar-refractivity contribution in [2.24, 2.45) is 0 Å². The molecule has 0 fully saturated rings. The topological polar surface area (TPSA) is 63.2 Å². The smallest absolute Gasteiger partial charge is 0.253 e. The van der Waals surface area contributed by atoms with Crippen LogP contribution in [0.2, 0.25) is 0 Å². The molecule has 0 spiro atoms. The van der Waals surface area contributed by atoms with E-state index < -0.39 is 0 Å². The number of ether oxygens (including phenoxy) is 1. The van der Waals surface area contributed by atoms with Gasteiger partial charge in [-0.3, -0.25) is 4.79 Å². The van der Waals surface area contributed by atoms with Gasteiger partial charge in [0.15, 0.2) is 0 Å². The number of hydrogen-bond donors (Lipinski definition) is 2. The molecule has 0 bridgehead atoms. The van der Waals surface area contributed by atoms with E-state index in [0.717, 1.165) is 17.0 Å². The number of hydrogen-bond acceptors (Lipinski definition) is 4. The number of halogens is 1. The number of anilines is 2. The van der Waals surface area contributed by atoms with Gasteiger partial charge in [0.1, 0.15) is 17.4 Å². The van der Waals surface area contributed by atoms with E-state index in [2.05, 4.69) is 15.6 Å². The number of rotatable bonds is 7. The minimum absolute atomic E-state index is 0.243. The molecular formula is C21H20FN3O2. The molecule has 2 aromatic carbocycles. The lowest BCUT2D eigenvalue weighted by molar-refractivity contribution is 0.0950. The SMILES string of the molecule is CCOc1ccccc1Nc1ccc(C(=O)NCc2ccc(F)cc2)cn1. The van der Waals surface area contributed by atoms with E-state index in [9.17, 15) is 9.18 Å². The first-order valence-corrected chi connectivity index (χ1v) is 8.63.